The average Bonchev–Trinajstić information content (AvgIpc) is 3.55. The fourth-order valence-electron chi connectivity index (χ4n) is 3.51. The van der Waals surface area contributed by atoms with Crippen LogP contribution in [0.5, 0.6) is 5.75 Å². The smallest absolute Gasteiger partial charge is 0.257 e. The van der Waals surface area contributed by atoms with Gasteiger partial charge in [0.15, 0.2) is 0 Å². The molecule has 1 unspecified atom stereocenters. The van der Waals surface area contributed by atoms with Gasteiger partial charge in [0.05, 0.1) is 32.5 Å². The molecule has 3 aromatic rings. The van der Waals surface area contributed by atoms with E-state index in [0.717, 1.165) is 10.6 Å². The lowest BCUT2D eigenvalue weighted by molar-refractivity contribution is -0.134. The fourth-order valence-corrected chi connectivity index (χ4v) is 4.33. The SMILES string of the molecule is COc1ccc(NC(=O)CN(C)CC(=O)N2N=C(c3ccco3)CC2c2cccs2)cc1. The molecular formula is C23H24N4O4S. The first-order chi connectivity index (χ1) is 15.5. The lowest BCUT2D eigenvalue weighted by Crippen LogP contribution is -2.39. The third kappa shape index (κ3) is 5.06. The van der Waals surface area contributed by atoms with Gasteiger partial charge in [-0.25, -0.2) is 5.01 Å². The van der Waals surface area contributed by atoms with Gasteiger partial charge in [-0.05, 0) is 54.9 Å². The Balaban J connectivity index is 1.38. The van der Waals surface area contributed by atoms with E-state index >= 15 is 0 Å². The number of amides is 2. The number of hydrogen-bond acceptors (Lipinski definition) is 7. The fraction of sp³-hybridized carbons (Fsp3) is 0.261. The van der Waals surface area contributed by atoms with Crippen LogP contribution < -0.4 is 10.1 Å². The lowest BCUT2D eigenvalue weighted by atomic mass is 10.1. The van der Waals surface area contributed by atoms with E-state index in [1.165, 1.54) is 5.01 Å². The van der Waals surface area contributed by atoms with Crippen LogP contribution in [0.25, 0.3) is 0 Å². The molecule has 1 aliphatic heterocycles. The van der Waals surface area contributed by atoms with Gasteiger partial charge in [0.25, 0.3) is 5.91 Å². The molecule has 8 nitrogen and oxygen atoms in total. The summed E-state index contributed by atoms with van der Waals surface area (Å²) in [5, 5.41) is 10.9. The highest BCUT2D eigenvalue weighted by Crippen LogP contribution is 2.35. The van der Waals surface area contributed by atoms with Crippen molar-refractivity contribution >= 4 is 34.6 Å². The van der Waals surface area contributed by atoms with Gasteiger partial charge in [0.1, 0.15) is 17.2 Å². The van der Waals surface area contributed by atoms with Crippen LogP contribution in [0, 0.1) is 0 Å². The van der Waals surface area contributed by atoms with Crippen molar-refractivity contribution in [2.24, 2.45) is 5.10 Å². The van der Waals surface area contributed by atoms with E-state index in [-0.39, 0.29) is 30.9 Å². The number of thiophene rings is 1. The summed E-state index contributed by atoms with van der Waals surface area (Å²) < 4.78 is 10.6. The number of nitrogens with one attached hydrogen (secondary N) is 1. The number of benzene rings is 1. The maximum Gasteiger partial charge on any atom is 0.257 e. The zero-order valence-electron chi connectivity index (χ0n) is 17.9. The van der Waals surface area contributed by atoms with E-state index in [1.807, 2.05) is 23.6 Å². The van der Waals surface area contributed by atoms with E-state index < -0.39 is 0 Å². The lowest BCUT2D eigenvalue weighted by Gasteiger charge is -2.23. The summed E-state index contributed by atoms with van der Waals surface area (Å²) in [6.07, 6.45) is 2.18. The predicted molar refractivity (Wildman–Crippen MR) is 123 cm³/mol. The topological polar surface area (TPSA) is 87.4 Å². The number of ether oxygens (including phenoxy) is 1. The zero-order valence-corrected chi connectivity index (χ0v) is 18.7. The molecule has 0 radical (unpaired) electrons. The quantitative estimate of drug-likeness (QED) is 0.564. The number of carbonyl (C=O) groups is 2. The van der Waals surface area contributed by atoms with E-state index in [4.69, 9.17) is 9.15 Å². The van der Waals surface area contributed by atoms with Crippen LogP contribution in [0.4, 0.5) is 5.69 Å². The Labute approximate surface area is 190 Å². The van der Waals surface area contributed by atoms with Gasteiger partial charge in [0, 0.05) is 17.0 Å². The highest BCUT2D eigenvalue weighted by atomic mass is 32.1. The Kier molecular flexibility index (Phi) is 6.67. The standard InChI is InChI=1S/C23H24N4O4S/c1-26(14-22(28)24-16-7-9-17(30-2)10-8-16)15-23(29)27-19(21-6-4-12-32-21)13-18(25-27)20-5-3-11-31-20/h3-12,19H,13-15H2,1-2H3,(H,24,28). The van der Waals surface area contributed by atoms with Crippen LogP contribution in [0.2, 0.25) is 0 Å². The number of carbonyl (C=O) groups excluding carboxylic acids is 2. The molecule has 1 aromatic carbocycles. The first kappa shape index (κ1) is 21.8. The van der Waals surface area contributed by atoms with Gasteiger partial charge < -0.3 is 14.5 Å². The van der Waals surface area contributed by atoms with Crippen molar-refractivity contribution in [2.45, 2.75) is 12.5 Å². The third-order valence-corrected chi connectivity index (χ3v) is 6.01. The summed E-state index contributed by atoms with van der Waals surface area (Å²) in [4.78, 5) is 28.2. The van der Waals surface area contributed by atoms with Crippen molar-refractivity contribution < 1.29 is 18.7 Å². The minimum absolute atomic E-state index is 0.0623. The Morgan fingerprint density at radius 3 is 2.69 bits per heavy atom. The van der Waals surface area contributed by atoms with Crippen molar-refractivity contribution in [2.75, 3.05) is 32.6 Å². The number of likely N-dealkylation sites (N-methyl/N-ethyl adjacent to an activating group) is 1. The van der Waals surface area contributed by atoms with Crippen LogP contribution in [0.1, 0.15) is 23.1 Å². The summed E-state index contributed by atoms with van der Waals surface area (Å²) in [5.41, 5.74) is 1.40. The summed E-state index contributed by atoms with van der Waals surface area (Å²) in [6, 6.07) is 14.5. The number of hydrazone groups is 1. The Hall–Kier alpha value is -3.43. The Bertz CT molecular complexity index is 1080. The van der Waals surface area contributed by atoms with Gasteiger partial charge in [-0.1, -0.05) is 6.07 Å². The molecule has 9 heteroatoms. The van der Waals surface area contributed by atoms with Gasteiger partial charge >= 0.3 is 0 Å². The van der Waals surface area contributed by atoms with Crippen molar-refractivity contribution in [3.05, 3.63) is 70.8 Å². The number of rotatable bonds is 8. The molecule has 166 valence electrons. The van der Waals surface area contributed by atoms with E-state index in [9.17, 15) is 9.59 Å². The van der Waals surface area contributed by atoms with Gasteiger partial charge in [-0.15, -0.1) is 11.3 Å². The molecule has 0 bridgehead atoms. The minimum atomic E-state index is -0.207. The molecule has 3 heterocycles. The van der Waals surface area contributed by atoms with Gasteiger partial charge in [-0.2, -0.15) is 5.10 Å². The van der Waals surface area contributed by atoms with E-state index in [1.54, 1.807) is 67.0 Å². The van der Waals surface area contributed by atoms with E-state index in [2.05, 4.69) is 10.4 Å². The third-order valence-electron chi connectivity index (χ3n) is 5.04. The molecule has 32 heavy (non-hydrogen) atoms. The molecule has 0 saturated heterocycles. The number of hydrogen-bond donors (Lipinski definition) is 1. The molecule has 1 N–H and O–H groups in total. The second-order valence-corrected chi connectivity index (χ2v) is 8.43. The van der Waals surface area contributed by atoms with Crippen LogP contribution in [-0.2, 0) is 9.59 Å². The van der Waals surface area contributed by atoms with Crippen molar-refractivity contribution in [1.29, 1.82) is 0 Å². The number of nitrogens with zero attached hydrogens (tertiary/aromatic N) is 3. The van der Waals surface area contributed by atoms with Crippen LogP contribution >= 0.6 is 11.3 Å². The first-order valence-corrected chi connectivity index (χ1v) is 11.0. The maximum atomic E-state index is 13.1. The molecule has 0 aliphatic carbocycles. The molecule has 2 aromatic heterocycles. The zero-order chi connectivity index (χ0) is 22.5. The molecule has 2 amide bonds. The highest BCUT2D eigenvalue weighted by molar-refractivity contribution is 7.10. The van der Waals surface area contributed by atoms with Gasteiger partial charge in [-0.3, -0.25) is 14.5 Å². The van der Waals surface area contributed by atoms with E-state index in [0.29, 0.717) is 23.6 Å². The van der Waals surface area contributed by atoms with Crippen molar-refractivity contribution in [3.8, 4) is 5.75 Å². The Morgan fingerprint density at radius 2 is 2.03 bits per heavy atom. The number of furan rings is 1. The Morgan fingerprint density at radius 1 is 1.22 bits per heavy atom. The van der Waals surface area contributed by atoms with Crippen LogP contribution in [0.15, 0.2) is 69.7 Å². The predicted octanol–water partition coefficient (Wildman–Crippen LogP) is 3.60. The average molecular weight is 453 g/mol. The summed E-state index contributed by atoms with van der Waals surface area (Å²) >= 11 is 1.59. The maximum absolute atomic E-state index is 13.1. The molecule has 0 fully saturated rings. The molecule has 0 saturated carbocycles. The number of anilines is 1. The van der Waals surface area contributed by atoms with Gasteiger partial charge in [0.2, 0.25) is 5.91 Å². The molecule has 1 aliphatic rings. The second-order valence-electron chi connectivity index (χ2n) is 7.45. The highest BCUT2D eigenvalue weighted by Gasteiger charge is 2.35. The van der Waals surface area contributed by atoms with Crippen LogP contribution in [0.3, 0.4) is 0 Å². The van der Waals surface area contributed by atoms with Crippen molar-refractivity contribution in [1.82, 2.24) is 9.91 Å². The second kappa shape index (κ2) is 9.80. The number of methoxy groups -OCH3 is 1. The molecular weight excluding hydrogens is 428 g/mol. The summed E-state index contributed by atoms with van der Waals surface area (Å²) in [6.45, 7) is 0.136. The van der Waals surface area contributed by atoms with Crippen molar-refractivity contribution in [3.63, 3.8) is 0 Å². The van der Waals surface area contributed by atoms with Crippen LogP contribution in [-0.4, -0.2) is 54.7 Å². The monoisotopic (exact) mass is 452 g/mol. The molecule has 0 spiro atoms. The summed E-state index contributed by atoms with van der Waals surface area (Å²) in [5.74, 6) is 0.992. The summed E-state index contributed by atoms with van der Waals surface area (Å²) in [7, 11) is 3.32. The molecule has 4 rings (SSSR count). The normalized spacial score (nSPS) is 15.7. The molecule has 1 atom stereocenters. The minimum Gasteiger partial charge on any atom is -0.497 e. The first-order valence-electron chi connectivity index (χ1n) is 10.1. The largest absolute Gasteiger partial charge is 0.497 e.